The van der Waals surface area contributed by atoms with Gasteiger partial charge in [0, 0.05) is 15.1 Å². The van der Waals surface area contributed by atoms with Crippen LogP contribution in [0, 0.1) is 6.92 Å². The normalized spacial score (nSPS) is 10.2. The zero-order chi connectivity index (χ0) is 13.1. The van der Waals surface area contributed by atoms with Crippen molar-refractivity contribution in [3.63, 3.8) is 0 Å². The summed E-state index contributed by atoms with van der Waals surface area (Å²) in [5.74, 6) is -0.162. The maximum absolute atomic E-state index is 12.1. The van der Waals surface area contributed by atoms with Gasteiger partial charge in [0.05, 0.1) is 17.4 Å². The molecule has 2 rings (SSSR count). The van der Waals surface area contributed by atoms with E-state index in [0.29, 0.717) is 5.56 Å². The van der Waals surface area contributed by atoms with E-state index in [2.05, 4.69) is 42.2 Å². The van der Waals surface area contributed by atoms with Crippen LogP contribution in [0.3, 0.4) is 0 Å². The number of amides is 1. The second-order valence-electron chi connectivity index (χ2n) is 3.77. The van der Waals surface area contributed by atoms with Gasteiger partial charge in [0.15, 0.2) is 0 Å². The number of nitrogens with one attached hydrogen (secondary N) is 1. The molecular weight excluding hydrogens is 360 g/mol. The summed E-state index contributed by atoms with van der Waals surface area (Å²) < 4.78 is 1.67. The number of halogens is 2. The van der Waals surface area contributed by atoms with Gasteiger partial charge >= 0.3 is 0 Å². The van der Waals surface area contributed by atoms with E-state index < -0.39 is 0 Å². The lowest BCUT2D eigenvalue weighted by molar-refractivity contribution is 0.102. The number of hydrogen-bond acceptors (Lipinski definition) is 2. The number of pyridine rings is 1. The summed E-state index contributed by atoms with van der Waals surface area (Å²) in [6.07, 6.45) is 3.33. The molecule has 1 aromatic heterocycles. The highest BCUT2D eigenvalue weighted by Crippen LogP contribution is 2.23. The molecule has 0 bridgehead atoms. The molecule has 0 radical (unpaired) electrons. The molecule has 2 aromatic rings. The molecule has 18 heavy (non-hydrogen) atoms. The Morgan fingerprint density at radius 2 is 2.06 bits per heavy atom. The molecule has 0 saturated heterocycles. The summed E-state index contributed by atoms with van der Waals surface area (Å²) in [5.41, 5.74) is 2.28. The second kappa shape index (κ2) is 5.63. The monoisotopic (exact) mass is 368 g/mol. The molecule has 1 aromatic carbocycles. The molecule has 92 valence electrons. The zero-order valence-electron chi connectivity index (χ0n) is 9.58. The maximum atomic E-state index is 12.1. The van der Waals surface area contributed by atoms with Crippen LogP contribution in [-0.4, -0.2) is 10.9 Å². The lowest BCUT2D eigenvalue weighted by Gasteiger charge is -2.08. The van der Waals surface area contributed by atoms with Crippen LogP contribution in [0.5, 0.6) is 0 Å². The Labute approximate surface area is 122 Å². The van der Waals surface area contributed by atoms with Crippen molar-refractivity contribution < 1.29 is 4.79 Å². The van der Waals surface area contributed by atoms with Gasteiger partial charge in [-0.25, -0.2) is 0 Å². The molecule has 1 amide bonds. The first-order valence-corrected chi connectivity index (χ1v) is 6.83. The van der Waals surface area contributed by atoms with E-state index in [0.717, 1.165) is 20.2 Å². The van der Waals surface area contributed by atoms with Crippen molar-refractivity contribution in [2.24, 2.45) is 0 Å². The number of hydrogen-bond donors (Lipinski definition) is 1. The molecule has 3 nitrogen and oxygen atoms in total. The van der Waals surface area contributed by atoms with E-state index in [1.807, 2.05) is 25.1 Å². The van der Waals surface area contributed by atoms with E-state index in [9.17, 15) is 4.79 Å². The van der Waals surface area contributed by atoms with Gasteiger partial charge in [-0.05, 0) is 52.7 Å². The number of anilines is 1. The topological polar surface area (TPSA) is 42.0 Å². The average molecular weight is 370 g/mol. The molecule has 0 aliphatic rings. The van der Waals surface area contributed by atoms with Crippen LogP contribution in [0.1, 0.15) is 15.9 Å². The molecular formula is C13H10Br2N2O. The van der Waals surface area contributed by atoms with Crippen LogP contribution >= 0.6 is 31.9 Å². The third-order valence-corrected chi connectivity index (χ3v) is 3.61. The first kappa shape index (κ1) is 13.2. The van der Waals surface area contributed by atoms with E-state index in [1.165, 1.54) is 0 Å². The first-order chi connectivity index (χ1) is 8.58. The number of aromatic nitrogens is 1. The number of aryl methyl sites for hydroxylation is 1. The van der Waals surface area contributed by atoms with Crippen LogP contribution in [0.25, 0.3) is 0 Å². The van der Waals surface area contributed by atoms with Crippen molar-refractivity contribution in [1.29, 1.82) is 0 Å². The van der Waals surface area contributed by atoms with Crippen molar-refractivity contribution in [3.8, 4) is 0 Å². The number of nitrogens with zero attached hydrogens (tertiary/aromatic N) is 1. The minimum atomic E-state index is -0.162. The SMILES string of the molecule is Cc1ccncc1NC(=O)c1ccc(Br)cc1Br. The van der Waals surface area contributed by atoms with Gasteiger partial charge in [-0.2, -0.15) is 0 Å². The summed E-state index contributed by atoms with van der Waals surface area (Å²) in [6, 6.07) is 7.28. The summed E-state index contributed by atoms with van der Waals surface area (Å²) in [4.78, 5) is 16.1. The van der Waals surface area contributed by atoms with Crippen LogP contribution in [0.15, 0.2) is 45.6 Å². The highest BCUT2D eigenvalue weighted by Gasteiger charge is 2.11. The Balaban J connectivity index is 2.25. The molecule has 5 heteroatoms. The summed E-state index contributed by atoms with van der Waals surface area (Å²) in [5, 5.41) is 2.84. The average Bonchev–Trinajstić information content (AvgIpc) is 2.32. The molecule has 1 N–H and O–H groups in total. The molecule has 0 unspecified atom stereocenters. The number of carbonyl (C=O) groups is 1. The lowest BCUT2D eigenvalue weighted by atomic mass is 10.2. The third-order valence-electron chi connectivity index (χ3n) is 2.46. The minimum absolute atomic E-state index is 0.162. The Kier molecular flexibility index (Phi) is 4.14. The molecule has 0 spiro atoms. The van der Waals surface area contributed by atoms with Gasteiger partial charge in [0.1, 0.15) is 0 Å². The minimum Gasteiger partial charge on any atom is -0.320 e. The number of carbonyl (C=O) groups excluding carboxylic acids is 1. The zero-order valence-corrected chi connectivity index (χ0v) is 12.7. The molecule has 0 aliphatic heterocycles. The largest absolute Gasteiger partial charge is 0.320 e. The summed E-state index contributed by atoms with van der Waals surface area (Å²) in [6.45, 7) is 1.92. The quantitative estimate of drug-likeness (QED) is 0.863. The Hall–Kier alpha value is -1.20. The smallest absolute Gasteiger partial charge is 0.256 e. The first-order valence-electron chi connectivity index (χ1n) is 5.25. The second-order valence-corrected chi connectivity index (χ2v) is 5.54. The van der Waals surface area contributed by atoms with Crippen molar-refractivity contribution in [2.45, 2.75) is 6.92 Å². The molecule has 1 heterocycles. The molecule has 0 atom stereocenters. The molecule has 0 aliphatic carbocycles. The van der Waals surface area contributed by atoms with Crippen molar-refractivity contribution in [1.82, 2.24) is 4.98 Å². The van der Waals surface area contributed by atoms with Crippen molar-refractivity contribution >= 4 is 43.5 Å². The van der Waals surface area contributed by atoms with Crippen LogP contribution < -0.4 is 5.32 Å². The van der Waals surface area contributed by atoms with Gasteiger partial charge in [-0.15, -0.1) is 0 Å². The predicted molar refractivity (Wildman–Crippen MR) is 78.8 cm³/mol. The van der Waals surface area contributed by atoms with Gasteiger partial charge in [-0.3, -0.25) is 9.78 Å². The maximum Gasteiger partial charge on any atom is 0.256 e. The van der Waals surface area contributed by atoms with Gasteiger partial charge in [0.25, 0.3) is 5.91 Å². The Morgan fingerprint density at radius 1 is 1.28 bits per heavy atom. The van der Waals surface area contributed by atoms with E-state index in [-0.39, 0.29) is 5.91 Å². The van der Waals surface area contributed by atoms with Crippen molar-refractivity contribution in [2.75, 3.05) is 5.32 Å². The summed E-state index contributed by atoms with van der Waals surface area (Å²) >= 11 is 6.73. The fourth-order valence-electron chi connectivity index (χ4n) is 1.46. The lowest BCUT2D eigenvalue weighted by Crippen LogP contribution is -2.13. The van der Waals surface area contributed by atoms with E-state index in [1.54, 1.807) is 18.5 Å². The molecule has 0 fully saturated rings. The van der Waals surface area contributed by atoms with Crippen LogP contribution in [-0.2, 0) is 0 Å². The number of rotatable bonds is 2. The van der Waals surface area contributed by atoms with Gasteiger partial charge in [-0.1, -0.05) is 15.9 Å². The van der Waals surface area contributed by atoms with E-state index in [4.69, 9.17) is 0 Å². The fraction of sp³-hybridized carbons (Fsp3) is 0.0769. The highest BCUT2D eigenvalue weighted by molar-refractivity contribution is 9.11. The van der Waals surface area contributed by atoms with Crippen LogP contribution in [0.2, 0.25) is 0 Å². The number of benzene rings is 1. The fourth-order valence-corrected chi connectivity index (χ4v) is 2.69. The predicted octanol–water partition coefficient (Wildman–Crippen LogP) is 4.17. The Morgan fingerprint density at radius 3 is 2.72 bits per heavy atom. The Bertz CT molecular complexity index is 599. The van der Waals surface area contributed by atoms with Crippen LogP contribution in [0.4, 0.5) is 5.69 Å². The standard InChI is InChI=1S/C13H10Br2N2O/c1-8-4-5-16-7-12(8)17-13(18)10-3-2-9(14)6-11(10)15/h2-7H,1H3,(H,17,18). The third kappa shape index (κ3) is 2.97. The molecule has 0 saturated carbocycles. The van der Waals surface area contributed by atoms with E-state index >= 15 is 0 Å². The van der Waals surface area contributed by atoms with Crippen molar-refractivity contribution in [3.05, 3.63) is 56.7 Å². The van der Waals surface area contributed by atoms with Gasteiger partial charge in [0.2, 0.25) is 0 Å². The highest BCUT2D eigenvalue weighted by atomic mass is 79.9. The van der Waals surface area contributed by atoms with Gasteiger partial charge < -0.3 is 5.32 Å². The summed E-state index contributed by atoms with van der Waals surface area (Å²) in [7, 11) is 0.